The third-order valence-corrected chi connectivity index (χ3v) is 6.01. The number of fused-ring (bicyclic) bond motifs is 3. The minimum Gasteiger partial charge on any atom is -0.341 e. The minimum absolute atomic E-state index is 0.438. The molecule has 0 amide bonds. The Morgan fingerprint density at radius 3 is 2.53 bits per heavy atom. The van der Waals surface area contributed by atoms with Crippen molar-refractivity contribution in [3.8, 4) is 0 Å². The fourth-order valence-electron chi connectivity index (χ4n) is 3.94. The topological polar surface area (TPSA) is 33.2 Å². The number of carbonyl (C=O) groups excluding carboxylic acids is 1. The summed E-state index contributed by atoms with van der Waals surface area (Å²) >= 11 is 1.90. The highest BCUT2D eigenvalue weighted by molar-refractivity contribution is 7.15. The summed E-state index contributed by atoms with van der Waals surface area (Å²) in [6, 6.07) is 0.875. The first kappa shape index (κ1) is 11.9. The van der Waals surface area contributed by atoms with E-state index in [4.69, 9.17) is 4.98 Å². The van der Waals surface area contributed by atoms with Gasteiger partial charge >= 0.3 is 0 Å². The highest BCUT2D eigenvalue weighted by Crippen LogP contribution is 2.40. The van der Waals surface area contributed by atoms with Crippen molar-refractivity contribution in [3.05, 3.63) is 10.6 Å². The van der Waals surface area contributed by atoms with Crippen LogP contribution >= 0.6 is 11.3 Å². The molecule has 3 heterocycles. The molecule has 1 aromatic rings. The number of piperidine rings is 2. The fraction of sp³-hybridized carbons (Fsp3) is 0.733. The first-order valence-electron chi connectivity index (χ1n) is 7.60. The molecule has 0 spiro atoms. The van der Waals surface area contributed by atoms with Gasteiger partial charge in [-0.3, -0.25) is 4.79 Å². The average molecular weight is 276 g/mol. The van der Waals surface area contributed by atoms with Crippen LogP contribution in [0.1, 0.15) is 55.5 Å². The van der Waals surface area contributed by atoms with Gasteiger partial charge in [-0.15, -0.1) is 11.3 Å². The van der Waals surface area contributed by atoms with Crippen LogP contribution in [0.5, 0.6) is 0 Å². The minimum atomic E-state index is 0.438. The number of ketones is 1. The Labute approximate surface area is 118 Å². The van der Waals surface area contributed by atoms with Crippen molar-refractivity contribution in [2.45, 2.75) is 69.9 Å². The third-order valence-electron chi connectivity index (χ3n) is 4.84. The monoisotopic (exact) mass is 276 g/mol. The molecule has 1 aromatic heterocycles. The lowest BCUT2D eigenvalue weighted by Crippen LogP contribution is -2.52. The number of nitrogens with zero attached hydrogens (tertiary/aromatic N) is 2. The van der Waals surface area contributed by atoms with Crippen LogP contribution in [0.25, 0.3) is 0 Å². The predicted octanol–water partition coefficient (Wildman–Crippen LogP) is 3.11. The Bertz CT molecular complexity index is 471. The summed E-state index contributed by atoms with van der Waals surface area (Å²) in [5.74, 6) is 0.465. The van der Waals surface area contributed by atoms with Crippen LogP contribution in [0.3, 0.4) is 0 Å². The van der Waals surface area contributed by atoms with Gasteiger partial charge in [0, 0.05) is 29.8 Å². The molecule has 2 bridgehead atoms. The zero-order chi connectivity index (χ0) is 12.8. The summed E-state index contributed by atoms with van der Waals surface area (Å²) in [5.41, 5.74) is 1.35. The summed E-state index contributed by atoms with van der Waals surface area (Å²) in [6.45, 7) is 0. The van der Waals surface area contributed by atoms with E-state index in [1.807, 2.05) is 11.3 Å². The standard InChI is InChI=1S/C15H20N2OS/c18-12-8-10-4-3-5-11(9-12)17(10)15-16-13-6-1-2-7-14(13)19-15/h10-11H,1-9H2. The number of hydrogen-bond acceptors (Lipinski definition) is 4. The van der Waals surface area contributed by atoms with E-state index >= 15 is 0 Å². The normalized spacial score (nSPS) is 30.3. The quantitative estimate of drug-likeness (QED) is 0.790. The van der Waals surface area contributed by atoms with Gasteiger partial charge in [0.05, 0.1) is 5.69 Å². The maximum Gasteiger partial charge on any atom is 0.186 e. The maximum absolute atomic E-state index is 11.8. The Morgan fingerprint density at radius 2 is 1.79 bits per heavy atom. The van der Waals surface area contributed by atoms with Crippen LogP contribution in [0.15, 0.2) is 0 Å². The molecule has 0 saturated carbocycles. The third kappa shape index (κ3) is 2.00. The summed E-state index contributed by atoms with van der Waals surface area (Å²) in [5, 5.41) is 1.22. The van der Waals surface area contributed by atoms with Crippen LogP contribution in [0, 0.1) is 0 Å². The molecular weight excluding hydrogens is 256 g/mol. The van der Waals surface area contributed by atoms with E-state index < -0.39 is 0 Å². The largest absolute Gasteiger partial charge is 0.341 e. The molecule has 19 heavy (non-hydrogen) atoms. The van der Waals surface area contributed by atoms with Crippen molar-refractivity contribution >= 4 is 22.3 Å². The molecule has 4 heteroatoms. The van der Waals surface area contributed by atoms with E-state index in [0.717, 1.165) is 19.3 Å². The second-order valence-corrected chi connectivity index (χ2v) is 7.23. The van der Waals surface area contributed by atoms with Crippen LogP contribution in [-0.2, 0) is 17.6 Å². The van der Waals surface area contributed by atoms with Crippen molar-refractivity contribution in [1.82, 2.24) is 4.98 Å². The highest BCUT2D eigenvalue weighted by Gasteiger charge is 2.39. The van der Waals surface area contributed by atoms with Gasteiger partial charge in [-0.25, -0.2) is 4.98 Å². The van der Waals surface area contributed by atoms with E-state index in [2.05, 4.69) is 4.90 Å². The van der Waals surface area contributed by atoms with Gasteiger partial charge < -0.3 is 4.90 Å². The molecule has 1 aliphatic carbocycles. The fourth-order valence-corrected chi connectivity index (χ4v) is 5.23. The van der Waals surface area contributed by atoms with Gasteiger partial charge in [0.15, 0.2) is 5.13 Å². The second-order valence-electron chi connectivity index (χ2n) is 6.17. The Morgan fingerprint density at radius 1 is 1.05 bits per heavy atom. The molecular formula is C15H20N2OS. The molecule has 2 fully saturated rings. The van der Waals surface area contributed by atoms with Crippen molar-refractivity contribution in [3.63, 3.8) is 0 Å². The Balaban J connectivity index is 1.67. The van der Waals surface area contributed by atoms with E-state index in [0.29, 0.717) is 17.9 Å². The maximum atomic E-state index is 11.8. The number of carbonyl (C=O) groups is 1. The summed E-state index contributed by atoms with van der Waals surface area (Å²) < 4.78 is 0. The molecule has 2 saturated heterocycles. The van der Waals surface area contributed by atoms with E-state index in [1.165, 1.54) is 54.2 Å². The van der Waals surface area contributed by atoms with Gasteiger partial charge in [-0.1, -0.05) is 0 Å². The summed E-state index contributed by atoms with van der Waals surface area (Å²) in [4.78, 5) is 20.7. The molecule has 4 rings (SSSR count). The molecule has 3 aliphatic rings. The van der Waals surface area contributed by atoms with Crippen LogP contribution in [0.4, 0.5) is 5.13 Å². The van der Waals surface area contributed by atoms with E-state index in [1.54, 1.807) is 0 Å². The van der Waals surface area contributed by atoms with Crippen LogP contribution < -0.4 is 4.90 Å². The highest BCUT2D eigenvalue weighted by atomic mass is 32.1. The van der Waals surface area contributed by atoms with Crippen molar-refractivity contribution in [2.75, 3.05) is 4.90 Å². The molecule has 0 radical (unpaired) electrons. The molecule has 0 aromatic carbocycles. The average Bonchev–Trinajstić information content (AvgIpc) is 2.80. The van der Waals surface area contributed by atoms with Gasteiger partial charge in [0.1, 0.15) is 5.78 Å². The molecule has 2 aliphatic heterocycles. The number of aryl methyl sites for hydroxylation is 2. The van der Waals surface area contributed by atoms with E-state index in [-0.39, 0.29) is 0 Å². The van der Waals surface area contributed by atoms with Gasteiger partial charge in [0.2, 0.25) is 0 Å². The van der Waals surface area contributed by atoms with Gasteiger partial charge in [-0.05, 0) is 44.9 Å². The lowest BCUT2D eigenvalue weighted by atomic mass is 9.84. The number of aromatic nitrogens is 1. The van der Waals surface area contributed by atoms with Crippen molar-refractivity contribution < 1.29 is 4.79 Å². The van der Waals surface area contributed by atoms with Crippen molar-refractivity contribution in [2.24, 2.45) is 0 Å². The molecule has 0 N–H and O–H groups in total. The number of hydrogen-bond donors (Lipinski definition) is 0. The second kappa shape index (κ2) is 4.58. The number of thiazole rings is 1. The number of Topliss-reactive ketones (excluding diaryl/α,β-unsaturated/α-hetero) is 1. The summed E-state index contributed by atoms with van der Waals surface area (Å²) in [6.07, 6.45) is 10.1. The SMILES string of the molecule is O=C1CC2CCCC(C1)N2c1nc2c(s1)CCCC2. The first-order chi connectivity index (χ1) is 9.31. The lowest BCUT2D eigenvalue weighted by Gasteiger charge is -2.45. The van der Waals surface area contributed by atoms with E-state index in [9.17, 15) is 4.79 Å². The number of anilines is 1. The zero-order valence-electron chi connectivity index (χ0n) is 11.2. The molecule has 3 nitrogen and oxygen atoms in total. The first-order valence-corrected chi connectivity index (χ1v) is 8.41. The molecule has 2 atom stereocenters. The lowest BCUT2D eigenvalue weighted by molar-refractivity contribution is -0.121. The van der Waals surface area contributed by atoms with Crippen molar-refractivity contribution in [1.29, 1.82) is 0 Å². The predicted molar refractivity (Wildman–Crippen MR) is 76.9 cm³/mol. The summed E-state index contributed by atoms with van der Waals surface area (Å²) in [7, 11) is 0. The number of rotatable bonds is 1. The Hall–Kier alpha value is -0.900. The van der Waals surface area contributed by atoms with Crippen LogP contribution in [-0.4, -0.2) is 22.9 Å². The Kier molecular flexibility index (Phi) is 2.87. The smallest absolute Gasteiger partial charge is 0.186 e. The molecule has 2 unspecified atom stereocenters. The molecule has 102 valence electrons. The van der Waals surface area contributed by atoms with Gasteiger partial charge in [-0.2, -0.15) is 0 Å². The van der Waals surface area contributed by atoms with Crippen LogP contribution in [0.2, 0.25) is 0 Å². The van der Waals surface area contributed by atoms with Gasteiger partial charge in [0.25, 0.3) is 0 Å². The zero-order valence-corrected chi connectivity index (χ0v) is 12.0.